The van der Waals surface area contributed by atoms with Crippen LogP contribution in [0.15, 0.2) is 30.3 Å². The Hall–Kier alpha value is -1.28. The Morgan fingerprint density at radius 2 is 2.06 bits per heavy atom. The molecule has 1 aromatic rings. The van der Waals surface area contributed by atoms with Gasteiger partial charge in [0.15, 0.2) is 0 Å². The summed E-state index contributed by atoms with van der Waals surface area (Å²) in [5.74, 6) is -0.0122. The molecule has 18 heavy (non-hydrogen) atoms. The fourth-order valence-corrected chi connectivity index (χ4v) is 2.48. The summed E-state index contributed by atoms with van der Waals surface area (Å²) in [6, 6.07) is 7.82. The van der Waals surface area contributed by atoms with Crippen molar-refractivity contribution in [2.45, 2.75) is 38.1 Å². The molecular formula is C15H18ClNO. The molecule has 0 aliphatic heterocycles. The predicted molar refractivity (Wildman–Crippen MR) is 75.5 cm³/mol. The van der Waals surface area contributed by atoms with Crippen LogP contribution in [0.1, 0.15) is 37.7 Å². The van der Waals surface area contributed by atoms with Crippen molar-refractivity contribution in [1.82, 2.24) is 5.32 Å². The number of hydrogen-bond acceptors (Lipinski definition) is 1. The van der Waals surface area contributed by atoms with E-state index < -0.39 is 0 Å². The lowest BCUT2D eigenvalue weighted by atomic mass is 9.95. The van der Waals surface area contributed by atoms with Crippen LogP contribution in [-0.4, -0.2) is 11.9 Å². The van der Waals surface area contributed by atoms with E-state index in [-0.39, 0.29) is 5.91 Å². The third-order valence-electron chi connectivity index (χ3n) is 3.23. The number of hydrogen-bond donors (Lipinski definition) is 1. The number of rotatable bonds is 3. The molecule has 1 aliphatic rings. The van der Waals surface area contributed by atoms with Crippen LogP contribution in [0, 0.1) is 0 Å². The maximum Gasteiger partial charge on any atom is 0.244 e. The van der Waals surface area contributed by atoms with Crippen molar-refractivity contribution in [3.63, 3.8) is 0 Å². The van der Waals surface area contributed by atoms with E-state index in [0.29, 0.717) is 11.1 Å². The summed E-state index contributed by atoms with van der Waals surface area (Å²) in [7, 11) is 0. The lowest BCUT2D eigenvalue weighted by molar-refractivity contribution is -0.117. The van der Waals surface area contributed by atoms with Crippen LogP contribution in [0.5, 0.6) is 0 Å². The largest absolute Gasteiger partial charge is 0.350 e. The minimum Gasteiger partial charge on any atom is -0.350 e. The lowest BCUT2D eigenvalue weighted by Gasteiger charge is -2.21. The number of benzene rings is 1. The highest BCUT2D eigenvalue weighted by Crippen LogP contribution is 2.17. The molecule has 0 bridgehead atoms. The van der Waals surface area contributed by atoms with Gasteiger partial charge in [0, 0.05) is 17.1 Å². The molecule has 1 N–H and O–H groups in total. The minimum absolute atomic E-state index is 0.0122. The van der Waals surface area contributed by atoms with Crippen LogP contribution in [-0.2, 0) is 4.79 Å². The Bertz CT molecular complexity index is 436. The minimum atomic E-state index is -0.0122. The van der Waals surface area contributed by atoms with E-state index in [1.807, 2.05) is 24.3 Å². The average Bonchev–Trinajstić information content (AvgIpc) is 2.38. The van der Waals surface area contributed by atoms with Crippen molar-refractivity contribution in [2.75, 3.05) is 0 Å². The number of carbonyl (C=O) groups is 1. The first-order valence-electron chi connectivity index (χ1n) is 6.48. The number of nitrogens with one attached hydrogen (secondary N) is 1. The van der Waals surface area contributed by atoms with E-state index in [2.05, 4.69) is 5.32 Å². The highest BCUT2D eigenvalue weighted by Gasteiger charge is 2.13. The van der Waals surface area contributed by atoms with Gasteiger partial charge in [-0.05, 0) is 36.6 Å². The maximum absolute atomic E-state index is 11.7. The summed E-state index contributed by atoms with van der Waals surface area (Å²) in [6.45, 7) is 0. The van der Waals surface area contributed by atoms with Gasteiger partial charge in [-0.3, -0.25) is 4.79 Å². The first kappa shape index (κ1) is 13.2. The average molecular weight is 264 g/mol. The number of halogens is 1. The monoisotopic (exact) mass is 263 g/mol. The molecule has 0 unspecified atom stereocenters. The molecule has 0 atom stereocenters. The van der Waals surface area contributed by atoms with Crippen LogP contribution in [0.25, 0.3) is 6.08 Å². The van der Waals surface area contributed by atoms with Crippen molar-refractivity contribution >= 4 is 23.6 Å². The van der Waals surface area contributed by atoms with E-state index in [4.69, 9.17) is 11.6 Å². The standard InChI is InChI=1S/C15H18ClNO/c16-13-6-4-5-12(11-13)9-10-15(18)17-14-7-2-1-3-8-14/h4-6,9-11,14H,1-3,7-8H2,(H,17,18). The summed E-state index contributed by atoms with van der Waals surface area (Å²) in [5, 5.41) is 3.73. The van der Waals surface area contributed by atoms with Crippen molar-refractivity contribution in [2.24, 2.45) is 0 Å². The smallest absolute Gasteiger partial charge is 0.244 e. The molecule has 1 amide bonds. The quantitative estimate of drug-likeness (QED) is 0.826. The second-order valence-electron chi connectivity index (χ2n) is 4.73. The van der Waals surface area contributed by atoms with Crippen LogP contribution < -0.4 is 5.32 Å². The fraction of sp³-hybridized carbons (Fsp3) is 0.400. The van der Waals surface area contributed by atoms with Crippen molar-refractivity contribution in [3.8, 4) is 0 Å². The molecule has 0 radical (unpaired) electrons. The Balaban J connectivity index is 1.86. The summed E-state index contributed by atoms with van der Waals surface area (Å²) in [6.07, 6.45) is 9.34. The van der Waals surface area contributed by atoms with Gasteiger partial charge in [-0.15, -0.1) is 0 Å². The first-order valence-corrected chi connectivity index (χ1v) is 6.86. The van der Waals surface area contributed by atoms with E-state index in [1.165, 1.54) is 19.3 Å². The molecule has 1 saturated carbocycles. The summed E-state index contributed by atoms with van der Waals surface area (Å²) in [5.41, 5.74) is 0.946. The van der Waals surface area contributed by atoms with Crippen LogP contribution in [0.3, 0.4) is 0 Å². The van der Waals surface area contributed by atoms with E-state index >= 15 is 0 Å². The Morgan fingerprint density at radius 1 is 1.28 bits per heavy atom. The second-order valence-corrected chi connectivity index (χ2v) is 5.17. The molecular weight excluding hydrogens is 246 g/mol. The Morgan fingerprint density at radius 3 is 2.78 bits per heavy atom. The third kappa shape index (κ3) is 4.19. The van der Waals surface area contributed by atoms with Crippen molar-refractivity contribution in [1.29, 1.82) is 0 Å². The van der Waals surface area contributed by atoms with Gasteiger partial charge >= 0.3 is 0 Å². The van der Waals surface area contributed by atoms with E-state index in [0.717, 1.165) is 18.4 Å². The van der Waals surface area contributed by atoms with E-state index in [9.17, 15) is 4.79 Å². The number of amides is 1. The van der Waals surface area contributed by atoms with Gasteiger partial charge in [-0.1, -0.05) is 43.0 Å². The van der Waals surface area contributed by atoms with Gasteiger partial charge in [0.05, 0.1) is 0 Å². The zero-order valence-electron chi connectivity index (χ0n) is 10.4. The summed E-state index contributed by atoms with van der Waals surface area (Å²) >= 11 is 5.88. The van der Waals surface area contributed by atoms with Gasteiger partial charge < -0.3 is 5.32 Å². The van der Waals surface area contributed by atoms with Crippen molar-refractivity contribution < 1.29 is 4.79 Å². The first-order chi connectivity index (χ1) is 8.74. The van der Waals surface area contributed by atoms with E-state index in [1.54, 1.807) is 12.2 Å². The second kappa shape index (κ2) is 6.60. The molecule has 0 spiro atoms. The molecule has 1 aliphatic carbocycles. The Kier molecular flexibility index (Phi) is 4.82. The molecule has 96 valence electrons. The zero-order valence-corrected chi connectivity index (χ0v) is 11.1. The maximum atomic E-state index is 11.7. The highest BCUT2D eigenvalue weighted by atomic mass is 35.5. The van der Waals surface area contributed by atoms with Crippen LogP contribution in [0.2, 0.25) is 5.02 Å². The molecule has 1 fully saturated rings. The van der Waals surface area contributed by atoms with Gasteiger partial charge in [-0.25, -0.2) is 0 Å². The van der Waals surface area contributed by atoms with Gasteiger partial charge in [0.25, 0.3) is 0 Å². The SMILES string of the molecule is O=C(C=Cc1cccc(Cl)c1)NC1CCCCC1. The van der Waals surface area contributed by atoms with Crippen LogP contribution >= 0.6 is 11.6 Å². The molecule has 0 aromatic heterocycles. The molecule has 1 aromatic carbocycles. The summed E-state index contributed by atoms with van der Waals surface area (Å²) < 4.78 is 0. The normalized spacial score (nSPS) is 16.9. The molecule has 2 nitrogen and oxygen atoms in total. The van der Waals surface area contributed by atoms with Gasteiger partial charge in [0.1, 0.15) is 0 Å². The fourth-order valence-electron chi connectivity index (χ4n) is 2.28. The van der Waals surface area contributed by atoms with Gasteiger partial charge in [0.2, 0.25) is 5.91 Å². The van der Waals surface area contributed by atoms with Crippen molar-refractivity contribution in [3.05, 3.63) is 40.9 Å². The lowest BCUT2D eigenvalue weighted by Crippen LogP contribution is -2.34. The summed E-state index contributed by atoms with van der Waals surface area (Å²) in [4.78, 5) is 11.7. The zero-order chi connectivity index (χ0) is 12.8. The predicted octanol–water partition coefficient (Wildman–Crippen LogP) is 3.80. The van der Waals surface area contributed by atoms with Crippen LogP contribution in [0.4, 0.5) is 0 Å². The highest BCUT2D eigenvalue weighted by molar-refractivity contribution is 6.30. The molecule has 0 heterocycles. The molecule has 3 heteroatoms. The third-order valence-corrected chi connectivity index (χ3v) is 3.46. The Labute approximate surface area is 113 Å². The van der Waals surface area contributed by atoms with Gasteiger partial charge in [-0.2, -0.15) is 0 Å². The topological polar surface area (TPSA) is 29.1 Å². The molecule has 0 saturated heterocycles. The number of carbonyl (C=O) groups excluding carboxylic acids is 1. The molecule has 2 rings (SSSR count).